The molecule has 0 radical (unpaired) electrons. The van der Waals surface area contributed by atoms with Gasteiger partial charge in [-0.15, -0.1) is 11.3 Å². The number of aliphatic hydroxyl groups excluding tert-OH is 1. The average molecular weight is 481 g/mol. The number of halogens is 1. The minimum absolute atomic E-state index is 0.0264. The summed E-state index contributed by atoms with van der Waals surface area (Å²) in [6, 6.07) is 5.86. The fourth-order valence-electron chi connectivity index (χ4n) is 4.82. The Kier molecular flexibility index (Phi) is 6.97. The van der Waals surface area contributed by atoms with E-state index in [0.717, 1.165) is 43.5 Å². The maximum absolute atomic E-state index is 11.0. The van der Waals surface area contributed by atoms with Crippen LogP contribution in [0.15, 0.2) is 18.2 Å². The third-order valence-corrected chi connectivity index (χ3v) is 8.14. The van der Waals surface area contributed by atoms with Gasteiger partial charge in [0.05, 0.1) is 24.7 Å². The standard InChI is InChI=1S/C23H29ClN2O5S/c1-14-10-23(21-17(5-8-31-23)18(12-27)22(24)32-21)6-7-26(14)11-15-3-4-16(9-19(15)29-2)30-13-20(25)28/h3-4,9,14,27H,5-8,10-13H2,1-2H3,(H2,25,28)/t14-,23+/m0/s1. The molecule has 1 saturated heterocycles. The zero-order valence-electron chi connectivity index (χ0n) is 18.4. The van der Waals surface area contributed by atoms with Gasteiger partial charge in [-0.3, -0.25) is 9.69 Å². The molecule has 174 valence electrons. The second-order valence-corrected chi connectivity index (χ2v) is 10.0. The van der Waals surface area contributed by atoms with E-state index in [9.17, 15) is 9.90 Å². The van der Waals surface area contributed by atoms with Crippen molar-refractivity contribution in [2.75, 3.05) is 26.9 Å². The van der Waals surface area contributed by atoms with Crippen LogP contribution in [0.5, 0.6) is 11.5 Å². The summed E-state index contributed by atoms with van der Waals surface area (Å²) in [6.45, 7) is 4.28. The van der Waals surface area contributed by atoms with Crippen LogP contribution >= 0.6 is 22.9 Å². The number of piperidine rings is 1. The Morgan fingerprint density at radius 3 is 2.97 bits per heavy atom. The largest absolute Gasteiger partial charge is 0.496 e. The Morgan fingerprint density at radius 2 is 2.28 bits per heavy atom. The third kappa shape index (κ3) is 4.47. The van der Waals surface area contributed by atoms with Crippen molar-refractivity contribution in [3.63, 3.8) is 0 Å². The predicted molar refractivity (Wildman–Crippen MR) is 123 cm³/mol. The van der Waals surface area contributed by atoms with Gasteiger partial charge in [0, 0.05) is 41.2 Å². The van der Waals surface area contributed by atoms with Crippen LogP contribution in [0.25, 0.3) is 0 Å². The lowest BCUT2D eigenvalue weighted by Gasteiger charge is -2.47. The van der Waals surface area contributed by atoms with Crippen molar-refractivity contribution in [2.24, 2.45) is 5.73 Å². The smallest absolute Gasteiger partial charge is 0.255 e. The Bertz CT molecular complexity index is 997. The highest BCUT2D eigenvalue weighted by Crippen LogP contribution is 2.50. The molecule has 2 atom stereocenters. The second kappa shape index (κ2) is 9.57. The van der Waals surface area contributed by atoms with Crippen LogP contribution in [0.1, 0.15) is 41.3 Å². The molecule has 3 N–H and O–H groups in total. The van der Waals surface area contributed by atoms with Crippen molar-refractivity contribution >= 4 is 28.8 Å². The van der Waals surface area contributed by atoms with Crippen molar-refractivity contribution in [3.05, 3.63) is 44.1 Å². The summed E-state index contributed by atoms with van der Waals surface area (Å²) in [7, 11) is 1.63. The number of methoxy groups -OCH3 is 1. The Hall–Kier alpha value is -1.84. The van der Waals surface area contributed by atoms with Crippen molar-refractivity contribution < 1.29 is 24.1 Å². The summed E-state index contributed by atoms with van der Waals surface area (Å²) in [5, 5.41) is 9.77. The highest BCUT2D eigenvalue weighted by molar-refractivity contribution is 7.16. The number of rotatable bonds is 7. The monoisotopic (exact) mass is 480 g/mol. The first-order valence-electron chi connectivity index (χ1n) is 10.7. The van der Waals surface area contributed by atoms with Crippen LogP contribution in [0.2, 0.25) is 4.34 Å². The quantitative estimate of drug-likeness (QED) is 0.632. The topological polar surface area (TPSA) is 94.3 Å². The molecular formula is C23H29ClN2O5S. The zero-order valence-corrected chi connectivity index (χ0v) is 19.9. The zero-order chi connectivity index (χ0) is 22.9. The van der Waals surface area contributed by atoms with Gasteiger partial charge in [-0.2, -0.15) is 0 Å². The van der Waals surface area contributed by atoms with Crippen molar-refractivity contribution in [3.8, 4) is 11.5 Å². The Labute approximate surface area is 197 Å². The molecule has 9 heteroatoms. The minimum Gasteiger partial charge on any atom is -0.496 e. The third-order valence-electron chi connectivity index (χ3n) is 6.43. The summed E-state index contributed by atoms with van der Waals surface area (Å²) in [5.74, 6) is 0.746. The number of thiophene rings is 1. The number of nitrogens with two attached hydrogens (primary N) is 1. The Morgan fingerprint density at radius 1 is 1.47 bits per heavy atom. The number of benzene rings is 1. The molecule has 1 aromatic heterocycles. The van der Waals surface area contributed by atoms with Gasteiger partial charge in [0.25, 0.3) is 5.91 Å². The van der Waals surface area contributed by atoms with E-state index < -0.39 is 5.91 Å². The highest BCUT2D eigenvalue weighted by Gasteiger charge is 2.45. The molecule has 3 heterocycles. The number of ether oxygens (including phenoxy) is 3. The van der Waals surface area contributed by atoms with Gasteiger partial charge in [-0.1, -0.05) is 17.7 Å². The fourth-order valence-corrected chi connectivity index (χ4v) is 6.49. The molecule has 1 fully saturated rings. The number of primary amides is 1. The molecule has 32 heavy (non-hydrogen) atoms. The van der Waals surface area contributed by atoms with Gasteiger partial charge in [0.2, 0.25) is 0 Å². The van der Waals surface area contributed by atoms with E-state index in [4.69, 9.17) is 31.5 Å². The molecule has 2 aromatic rings. The number of hydrogen-bond acceptors (Lipinski definition) is 7. The van der Waals surface area contributed by atoms with Crippen LogP contribution in [0, 0.1) is 0 Å². The van der Waals surface area contributed by atoms with Crippen LogP contribution in [0.4, 0.5) is 0 Å². The van der Waals surface area contributed by atoms with Crippen LogP contribution in [-0.4, -0.2) is 48.8 Å². The van der Waals surface area contributed by atoms with Gasteiger partial charge in [-0.05, 0) is 37.8 Å². The number of fused-ring (bicyclic) bond motifs is 2. The van der Waals surface area contributed by atoms with Gasteiger partial charge in [0.15, 0.2) is 6.61 Å². The summed E-state index contributed by atoms with van der Waals surface area (Å²) < 4.78 is 18.0. The normalized spacial score (nSPS) is 23.2. The molecule has 1 amide bonds. The van der Waals surface area contributed by atoms with E-state index in [0.29, 0.717) is 22.4 Å². The first kappa shape index (κ1) is 23.3. The lowest BCUT2D eigenvalue weighted by Crippen LogP contribution is -2.50. The van der Waals surface area contributed by atoms with E-state index in [1.54, 1.807) is 24.5 Å². The molecule has 0 bridgehead atoms. The van der Waals surface area contributed by atoms with Crippen LogP contribution in [0.3, 0.4) is 0 Å². The average Bonchev–Trinajstić information content (AvgIpc) is 3.11. The molecule has 2 aliphatic heterocycles. The number of carbonyl (C=O) groups excluding carboxylic acids is 1. The second-order valence-electron chi connectivity index (χ2n) is 8.42. The molecule has 0 unspecified atom stereocenters. The number of amides is 1. The Balaban J connectivity index is 1.49. The number of likely N-dealkylation sites (tertiary alicyclic amines) is 1. The van der Waals surface area contributed by atoms with Crippen LogP contribution < -0.4 is 15.2 Å². The lowest BCUT2D eigenvalue weighted by atomic mass is 9.81. The molecular weight excluding hydrogens is 452 g/mol. The maximum Gasteiger partial charge on any atom is 0.255 e. The minimum atomic E-state index is -0.518. The summed E-state index contributed by atoms with van der Waals surface area (Å²) in [4.78, 5) is 14.6. The maximum atomic E-state index is 11.0. The van der Waals surface area contributed by atoms with Crippen LogP contribution in [-0.2, 0) is 34.7 Å². The predicted octanol–water partition coefficient (Wildman–Crippen LogP) is 3.22. The van der Waals surface area contributed by atoms with E-state index in [-0.39, 0.29) is 24.9 Å². The lowest BCUT2D eigenvalue weighted by molar-refractivity contribution is -0.119. The first-order chi connectivity index (χ1) is 15.4. The van der Waals surface area contributed by atoms with Gasteiger partial charge in [-0.25, -0.2) is 0 Å². The molecule has 7 nitrogen and oxygen atoms in total. The van der Waals surface area contributed by atoms with Gasteiger partial charge >= 0.3 is 0 Å². The van der Waals surface area contributed by atoms with E-state index in [1.807, 2.05) is 12.1 Å². The molecule has 0 aliphatic carbocycles. The van der Waals surface area contributed by atoms with E-state index >= 15 is 0 Å². The number of aliphatic hydroxyl groups is 1. The first-order valence-corrected chi connectivity index (χ1v) is 11.9. The van der Waals surface area contributed by atoms with E-state index in [1.165, 1.54) is 10.4 Å². The summed E-state index contributed by atoms with van der Waals surface area (Å²) in [5.41, 5.74) is 7.92. The van der Waals surface area contributed by atoms with Crippen molar-refractivity contribution in [1.82, 2.24) is 4.90 Å². The van der Waals surface area contributed by atoms with Crippen molar-refractivity contribution in [2.45, 2.75) is 51.0 Å². The number of carbonyl (C=O) groups is 1. The molecule has 0 saturated carbocycles. The molecule has 1 spiro atoms. The summed E-state index contributed by atoms with van der Waals surface area (Å²) in [6.07, 6.45) is 2.54. The fraction of sp³-hybridized carbons (Fsp3) is 0.522. The van der Waals surface area contributed by atoms with E-state index in [2.05, 4.69) is 11.8 Å². The van der Waals surface area contributed by atoms with Gasteiger partial charge < -0.3 is 25.1 Å². The van der Waals surface area contributed by atoms with Crippen molar-refractivity contribution in [1.29, 1.82) is 0 Å². The summed E-state index contributed by atoms with van der Waals surface area (Å²) >= 11 is 8.00. The molecule has 4 rings (SSSR count). The number of nitrogens with zero attached hydrogens (tertiary/aromatic N) is 1. The molecule has 2 aliphatic rings. The molecule has 1 aromatic carbocycles. The van der Waals surface area contributed by atoms with Gasteiger partial charge in [0.1, 0.15) is 17.1 Å². The highest BCUT2D eigenvalue weighted by atomic mass is 35.5. The number of hydrogen-bond donors (Lipinski definition) is 2. The SMILES string of the molecule is COc1cc(OCC(N)=O)ccc1CN1CC[C@]2(C[C@@H]1C)OCCc1c2sc(Cl)c1CO.